The van der Waals surface area contributed by atoms with Gasteiger partial charge in [0.05, 0.1) is 10.2 Å². The van der Waals surface area contributed by atoms with E-state index in [-0.39, 0.29) is 0 Å². The van der Waals surface area contributed by atoms with E-state index >= 15 is 0 Å². The van der Waals surface area contributed by atoms with Gasteiger partial charge in [0.15, 0.2) is 4.75 Å². The fourth-order valence-corrected chi connectivity index (χ4v) is 3.91. The summed E-state index contributed by atoms with van der Waals surface area (Å²) in [5, 5.41) is 2.21. The minimum Gasteiger partial charge on any atom is -0.340 e. The van der Waals surface area contributed by atoms with E-state index in [9.17, 15) is 9.46 Å². The molecule has 1 N–H and O–H groups in total. The fourth-order valence-electron chi connectivity index (χ4n) is 1.82. The predicted molar refractivity (Wildman–Crippen MR) is 72.5 cm³/mol. The third kappa shape index (κ3) is 1.78. The van der Waals surface area contributed by atoms with Crippen LogP contribution in [0.4, 0.5) is 0 Å². The van der Waals surface area contributed by atoms with Crippen LogP contribution in [0.15, 0.2) is 36.4 Å². The van der Waals surface area contributed by atoms with Gasteiger partial charge in [0.2, 0.25) is 0 Å². The largest absolute Gasteiger partial charge is 0.340 e. The second kappa shape index (κ2) is 3.64. The lowest BCUT2D eigenvalue weighted by molar-refractivity contribution is 0.496. The highest BCUT2D eigenvalue weighted by Gasteiger charge is 2.19. The van der Waals surface area contributed by atoms with Gasteiger partial charge in [-0.25, -0.2) is 4.98 Å². The van der Waals surface area contributed by atoms with Gasteiger partial charge in [-0.05, 0) is 11.5 Å². The summed E-state index contributed by atoms with van der Waals surface area (Å²) >= 11 is 1.31. The molecule has 86 valence electrons. The number of rotatable bonds is 1. The summed E-state index contributed by atoms with van der Waals surface area (Å²) in [5.74, 6) is 0. The summed E-state index contributed by atoms with van der Waals surface area (Å²) in [6.45, 7) is 1.33. The molecule has 1 aromatic heterocycles. The number of nitrogens with zero attached hydrogens (tertiary/aromatic N) is 1. The third-order valence-corrected chi connectivity index (χ3v) is 5.63. The lowest BCUT2D eigenvalue weighted by Crippen LogP contribution is -1.99. The van der Waals surface area contributed by atoms with Gasteiger partial charge in [0.25, 0.3) is 7.37 Å². The summed E-state index contributed by atoms with van der Waals surface area (Å²) in [7, 11) is -3.26. The highest BCUT2D eigenvalue weighted by molar-refractivity contribution is 7.71. The van der Waals surface area contributed by atoms with Gasteiger partial charge in [-0.15, -0.1) is 11.3 Å². The number of thiazole rings is 1. The van der Waals surface area contributed by atoms with Gasteiger partial charge in [0, 0.05) is 12.1 Å². The van der Waals surface area contributed by atoms with Crippen LogP contribution >= 0.6 is 18.7 Å². The molecule has 2 aromatic carbocycles. The van der Waals surface area contributed by atoms with E-state index in [0.29, 0.717) is 4.75 Å². The van der Waals surface area contributed by atoms with Crippen molar-refractivity contribution < 1.29 is 9.46 Å². The van der Waals surface area contributed by atoms with E-state index in [1.54, 1.807) is 0 Å². The van der Waals surface area contributed by atoms with Gasteiger partial charge in [-0.3, -0.25) is 4.57 Å². The van der Waals surface area contributed by atoms with Crippen molar-refractivity contribution >= 4 is 44.4 Å². The first-order valence-electron chi connectivity index (χ1n) is 5.15. The Kier molecular flexibility index (Phi) is 2.33. The summed E-state index contributed by atoms with van der Waals surface area (Å²) in [6, 6.07) is 11.9. The first-order valence-corrected chi connectivity index (χ1v) is 8.07. The molecule has 0 aliphatic rings. The van der Waals surface area contributed by atoms with E-state index in [1.165, 1.54) is 18.0 Å². The fraction of sp³-hybridized carbons (Fsp3) is 0.0833. The monoisotopic (exact) mass is 263 g/mol. The highest BCUT2D eigenvalue weighted by Crippen LogP contribution is 2.38. The maximum atomic E-state index is 11.6. The van der Waals surface area contributed by atoms with Crippen molar-refractivity contribution in [2.75, 3.05) is 6.66 Å². The molecule has 1 atom stereocenters. The van der Waals surface area contributed by atoms with Gasteiger partial charge < -0.3 is 4.89 Å². The Balaban J connectivity index is 2.43. The van der Waals surface area contributed by atoms with E-state index in [4.69, 9.17) is 0 Å². The number of hydrogen-bond acceptors (Lipinski definition) is 3. The van der Waals surface area contributed by atoms with Crippen molar-refractivity contribution in [1.29, 1.82) is 0 Å². The van der Waals surface area contributed by atoms with Crippen LogP contribution in [0, 0.1) is 0 Å². The van der Waals surface area contributed by atoms with Gasteiger partial charge in [-0.1, -0.05) is 30.3 Å². The minimum atomic E-state index is -3.26. The van der Waals surface area contributed by atoms with Crippen LogP contribution < -0.4 is 4.75 Å². The van der Waals surface area contributed by atoms with Crippen molar-refractivity contribution in [2.45, 2.75) is 0 Å². The predicted octanol–water partition coefficient (Wildman–Crippen LogP) is 2.98. The highest BCUT2D eigenvalue weighted by atomic mass is 32.1. The second-order valence-electron chi connectivity index (χ2n) is 4.01. The Bertz CT molecular complexity index is 759. The maximum absolute atomic E-state index is 11.6. The summed E-state index contributed by atoms with van der Waals surface area (Å²) < 4.78 is 12.9. The molecule has 0 aliphatic carbocycles. The maximum Gasteiger partial charge on any atom is 0.254 e. The quantitative estimate of drug-likeness (QED) is 0.687. The molecule has 3 nitrogen and oxygen atoms in total. The lowest BCUT2D eigenvalue weighted by Gasteiger charge is -1.97. The van der Waals surface area contributed by atoms with Gasteiger partial charge >= 0.3 is 0 Å². The average molecular weight is 263 g/mol. The zero-order valence-corrected chi connectivity index (χ0v) is 10.8. The second-order valence-corrected chi connectivity index (χ2v) is 7.49. The smallest absolute Gasteiger partial charge is 0.254 e. The zero-order valence-electron chi connectivity index (χ0n) is 9.12. The molecule has 0 fully saturated rings. The molecule has 0 saturated carbocycles. The Morgan fingerprint density at radius 2 is 2.00 bits per heavy atom. The molecule has 1 heterocycles. The first-order chi connectivity index (χ1) is 8.05. The lowest BCUT2D eigenvalue weighted by atomic mass is 10.1. The van der Waals surface area contributed by atoms with Crippen molar-refractivity contribution in [3.63, 3.8) is 0 Å². The standard InChI is InChI=1S/C12H10NO2PS/c1-16(14,15)12-13-10-7-6-8-4-2-3-5-9(8)11(10)17-12/h2-7H,1H3,(H,14,15). The van der Waals surface area contributed by atoms with E-state index in [0.717, 1.165) is 21.0 Å². The van der Waals surface area contributed by atoms with Gasteiger partial charge in [-0.2, -0.15) is 0 Å². The number of hydrogen-bond donors (Lipinski definition) is 1. The molecule has 0 aliphatic heterocycles. The average Bonchev–Trinajstić information content (AvgIpc) is 2.72. The molecule has 3 aromatic rings. The molecule has 0 saturated heterocycles. The topological polar surface area (TPSA) is 50.2 Å². The molecule has 0 spiro atoms. The number of fused-ring (bicyclic) bond motifs is 3. The van der Waals surface area contributed by atoms with Crippen LogP contribution in [0.1, 0.15) is 0 Å². The van der Waals surface area contributed by atoms with Crippen LogP contribution in [0.2, 0.25) is 0 Å². The summed E-state index contributed by atoms with van der Waals surface area (Å²) in [5.41, 5.74) is 0.792. The molecular weight excluding hydrogens is 253 g/mol. The van der Waals surface area contributed by atoms with Crippen molar-refractivity contribution in [3.05, 3.63) is 36.4 Å². The molecule has 0 amide bonds. The number of benzene rings is 2. The van der Waals surface area contributed by atoms with E-state index in [1.807, 2.05) is 36.4 Å². The van der Waals surface area contributed by atoms with Crippen molar-refractivity contribution in [3.8, 4) is 0 Å². The van der Waals surface area contributed by atoms with Crippen LogP contribution in [0.5, 0.6) is 0 Å². The van der Waals surface area contributed by atoms with E-state index < -0.39 is 7.37 Å². The normalized spacial score (nSPS) is 15.2. The zero-order chi connectivity index (χ0) is 12.0. The summed E-state index contributed by atoms with van der Waals surface area (Å²) in [6.07, 6.45) is 0. The number of aromatic nitrogens is 1. The summed E-state index contributed by atoms with van der Waals surface area (Å²) in [4.78, 5) is 13.8. The molecule has 0 bridgehead atoms. The van der Waals surface area contributed by atoms with Crippen LogP contribution in [-0.4, -0.2) is 16.5 Å². The Labute approximate surface area is 102 Å². The van der Waals surface area contributed by atoms with Crippen LogP contribution in [0.3, 0.4) is 0 Å². The third-order valence-electron chi connectivity index (χ3n) is 2.62. The molecule has 1 unspecified atom stereocenters. The van der Waals surface area contributed by atoms with Crippen molar-refractivity contribution in [2.24, 2.45) is 0 Å². The SMILES string of the molecule is CP(=O)(O)c1nc2ccc3ccccc3c2s1. The molecule has 0 radical (unpaired) electrons. The van der Waals surface area contributed by atoms with E-state index in [2.05, 4.69) is 4.98 Å². The Hall–Kier alpha value is -1.22. The van der Waals surface area contributed by atoms with Crippen LogP contribution in [0.25, 0.3) is 21.0 Å². The first kappa shape index (κ1) is 10.9. The molecule has 17 heavy (non-hydrogen) atoms. The van der Waals surface area contributed by atoms with Crippen molar-refractivity contribution in [1.82, 2.24) is 4.98 Å². The van der Waals surface area contributed by atoms with Crippen LogP contribution in [-0.2, 0) is 4.57 Å². The van der Waals surface area contributed by atoms with Gasteiger partial charge in [0.1, 0.15) is 0 Å². The molecule has 3 rings (SSSR count). The minimum absolute atomic E-state index is 0.323. The Morgan fingerprint density at radius 1 is 1.24 bits per heavy atom. The molecule has 5 heteroatoms. The molecular formula is C12H10NO2PS. The Morgan fingerprint density at radius 3 is 2.76 bits per heavy atom.